The van der Waals surface area contributed by atoms with E-state index >= 15 is 0 Å². The molecule has 1 spiro atoms. The Balaban J connectivity index is 1.59. The molecule has 1 aromatic carbocycles. The summed E-state index contributed by atoms with van der Waals surface area (Å²) in [7, 11) is 0. The van der Waals surface area contributed by atoms with E-state index in [1.165, 1.54) is 44.6 Å². The summed E-state index contributed by atoms with van der Waals surface area (Å²) in [6.07, 6.45) is 4.76. The summed E-state index contributed by atoms with van der Waals surface area (Å²) >= 11 is 6.22. The molecule has 144 valence electrons. The first-order valence-electron chi connectivity index (χ1n) is 9.43. The van der Waals surface area contributed by atoms with Crippen LogP contribution in [-0.4, -0.2) is 42.0 Å². The first kappa shape index (κ1) is 18.3. The van der Waals surface area contributed by atoms with Crippen LogP contribution in [0.1, 0.15) is 44.9 Å². The van der Waals surface area contributed by atoms with E-state index < -0.39 is 12.7 Å². The third-order valence-corrected chi connectivity index (χ3v) is 6.39. The van der Waals surface area contributed by atoms with Gasteiger partial charge in [-0.1, -0.05) is 24.4 Å². The van der Waals surface area contributed by atoms with Crippen LogP contribution in [0, 0.1) is 0 Å². The molecule has 2 aliphatic carbocycles. The molecule has 2 atom stereocenters. The number of hydrogen-bond acceptors (Lipinski definition) is 4. The van der Waals surface area contributed by atoms with Crippen molar-refractivity contribution in [3.63, 3.8) is 0 Å². The topological polar surface area (TPSA) is 44.7 Å². The quantitative estimate of drug-likeness (QED) is 0.822. The number of anilines is 1. The first-order valence-corrected chi connectivity index (χ1v) is 9.81. The Bertz CT molecular complexity index is 669. The van der Waals surface area contributed by atoms with E-state index in [2.05, 4.69) is 15.0 Å². The van der Waals surface area contributed by atoms with Gasteiger partial charge in [-0.05, 0) is 50.3 Å². The van der Waals surface area contributed by atoms with Gasteiger partial charge in [-0.15, -0.1) is 0 Å². The van der Waals surface area contributed by atoms with Gasteiger partial charge in [0.2, 0.25) is 0 Å². The maximum absolute atomic E-state index is 13.3. The summed E-state index contributed by atoms with van der Waals surface area (Å²) in [4.78, 5) is 2.42. The lowest BCUT2D eigenvalue weighted by Crippen LogP contribution is -2.72. The van der Waals surface area contributed by atoms with Crippen molar-refractivity contribution in [1.82, 2.24) is 5.32 Å². The predicted molar refractivity (Wildman–Crippen MR) is 97.2 cm³/mol. The van der Waals surface area contributed by atoms with Gasteiger partial charge >= 0.3 is 6.11 Å². The molecule has 0 bridgehead atoms. The number of nitrogens with one attached hydrogen (secondary N) is 1. The number of rotatable bonds is 4. The number of piperazine rings is 1. The molecule has 3 aliphatic rings. The minimum absolute atomic E-state index is 0.108. The lowest BCUT2D eigenvalue weighted by Gasteiger charge is -2.58. The van der Waals surface area contributed by atoms with Crippen molar-refractivity contribution in [3.8, 4) is 5.75 Å². The second-order valence-corrected chi connectivity index (χ2v) is 8.28. The van der Waals surface area contributed by atoms with Gasteiger partial charge in [-0.2, -0.15) is 8.78 Å². The van der Waals surface area contributed by atoms with Crippen molar-refractivity contribution in [2.45, 2.75) is 68.7 Å². The van der Waals surface area contributed by atoms with Gasteiger partial charge in [0.15, 0.2) is 0 Å². The monoisotopic (exact) mass is 386 g/mol. The number of aliphatic hydroxyl groups excluding tert-OH is 1. The fourth-order valence-electron chi connectivity index (χ4n) is 4.67. The van der Waals surface area contributed by atoms with Crippen LogP contribution in [0.15, 0.2) is 18.2 Å². The molecule has 2 saturated carbocycles. The highest BCUT2D eigenvalue weighted by molar-refractivity contribution is 6.32. The van der Waals surface area contributed by atoms with Crippen molar-refractivity contribution in [2.24, 2.45) is 0 Å². The second-order valence-electron chi connectivity index (χ2n) is 7.88. The minimum atomic E-state index is -3.63. The van der Waals surface area contributed by atoms with E-state index in [4.69, 9.17) is 16.7 Å². The Morgan fingerprint density at radius 3 is 2.69 bits per heavy atom. The third kappa shape index (κ3) is 3.39. The zero-order valence-electron chi connectivity index (χ0n) is 14.7. The number of halogens is 3. The fourth-order valence-corrected chi connectivity index (χ4v) is 4.88. The Hall–Kier alpha value is -1.11. The largest absolute Gasteiger partial charge is 0.429 e. The zero-order valence-corrected chi connectivity index (χ0v) is 15.4. The van der Waals surface area contributed by atoms with E-state index in [-0.39, 0.29) is 16.3 Å². The van der Waals surface area contributed by atoms with Crippen LogP contribution in [0.2, 0.25) is 5.02 Å². The van der Waals surface area contributed by atoms with Gasteiger partial charge in [0, 0.05) is 29.9 Å². The summed E-state index contributed by atoms with van der Waals surface area (Å²) in [6, 6.07) is 5.89. The van der Waals surface area contributed by atoms with Gasteiger partial charge in [0.1, 0.15) is 12.4 Å². The van der Waals surface area contributed by atoms with Crippen molar-refractivity contribution in [2.75, 3.05) is 18.1 Å². The summed E-state index contributed by atoms with van der Waals surface area (Å²) in [6.45, 7) is -0.452. The molecule has 0 radical (unpaired) electrons. The molecule has 0 aromatic heterocycles. The molecule has 2 N–H and O–H groups in total. The SMILES string of the molecule is OCC(F)(F)Oc1ccc(N2CC3(CCC3)N[C@H]3CCCC[C@@H]32)cc1Cl. The molecule has 4 rings (SSSR count). The molecule has 26 heavy (non-hydrogen) atoms. The fraction of sp³-hybridized carbons (Fsp3) is 0.684. The Labute approximate surface area is 157 Å². The van der Waals surface area contributed by atoms with Gasteiger partial charge in [0.25, 0.3) is 0 Å². The predicted octanol–water partition coefficient (Wildman–Crippen LogP) is 3.95. The van der Waals surface area contributed by atoms with Gasteiger partial charge in [-0.25, -0.2) is 0 Å². The molecule has 1 aliphatic heterocycles. The summed E-state index contributed by atoms with van der Waals surface area (Å²) in [5.74, 6) is -0.108. The van der Waals surface area contributed by atoms with Gasteiger partial charge in [0.05, 0.1) is 5.02 Å². The Morgan fingerprint density at radius 1 is 1.27 bits per heavy atom. The van der Waals surface area contributed by atoms with Crippen LogP contribution in [0.5, 0.6) is 5.75 Å². The van der Waals surface area contributed by atoms with E-state index in [0.717, 1.165) is 18.7 Å². The lowest BCUT2D eigenvalue weighted by molar-refractivity contribution is -0.200. The lowest BCUT2D eigenvalue weighted by atomic mass is 9.71. The number of benzene rings is 1. The zero-order chi connectivity index (χ0) is 18.4. The molecule has 0 unspecified atom stereocenters. The molecule has 7 heteroatoms. The maximum Gasteiger partial charge on any atom is 0.421 e. The molecular weight excluding hydrogens is 362 g/mol. The van der Waals surface area contributed by atoms with Crippen LogP contribution in [0.3, 0.4) is 0 Å². The highest BCUT2D eigenvalue weighted by Gasteiger charge is 2.48. The average molecular weight is 387 g/mol. The van der Waals surface area contributed by atoms with E-state index in [9.17, 15) is 8.78 Å². The van der Waals surface area contributed by atoms with Crippen LogP contribution >= 0.6 is 11.6 Å². The summed E-state index contributed by atoms with van der Waals surface area (Å²) < 4.78 is 31.2. The molecule has 4 nitrogen and oxygen atoms in total. The Morgan fingerprint density at radius 2 is 2.04 bits per heavy atom. The van der Waals surface area contributed by atoms with Crippen molar-refractivity contribution >= 4 is 17.3 Å². The standard InChI is InChI=1S/C19H25ClF2N2O2/c20-14-10-13(6-7-17(14)26-19(21,22)12-25)24-11-18(8-3-9-18)23-15-4-1-2-5-16(15)24/h6-7,10,15-16,23,25H,1-5,8-9,11-12H2/t15-,16-/m0/s1. The normalized spacial score (nSPS) is 27.8. The van der Waals surface area contributed by atoms with Crippen molar-refractivity contribution in [3.05, 3.63) is 23.2 Å². The molecule has 1 aromatic rings. The molecule has 1 heterocycles. The number of hydrogen-bond donors (Lipinski definition) is 2. The summed E-state index contributed by atoms with van der Waals surface area (Å²) in [5.41, 5.74) is 1.14. The van der Waals surface area contributed by atoms with Gasteiger partial charge < -0.3 is 20.1 Å². The van der Waals surface area contributed by atoms with Crippen LogP contribution in [0.4, 0.5) is 14.5 Å². The van der Waals surface area contributed by atoms with E-state index in [1.54, 1.807) is 12.1 Å². The number of aliphatic hydroxyl groups is 1. The number of ether oxygens (including phenoxy) is 1. The van der Waals surface area contributed by atoms with Crippen LogP contribution in [-0.2, 0) is 0 Å². The maximum atomic E-state index is 13.3. The van der Waals surface area contributed by atoms with Crippen LogP contribution < -0.4 is 15.0 Å². The van der Waals surface area contributed by atoms with Crippen molar-refractivity contribution in [1.29, 1.82) is 0 Å². The number of alkyl halides is 2. The van der Waals surface area contributed by atoms with E-state index in [0.29, 0.717) is 12.1 Å². The highest BCUT2D eigenvalue weighted by atomic mass is 35.5. The number of nitrogens with zero attached hydrogens (tertiary/aromatic N) is 1. The first-order chi connectivity index (χ1) is 12.4. The number of fused-ring (bicyclic) bond motifs is 1. The smallest absolute Gasteiger partial charge is 0.421 e. The summed E-state index contributed by atoms with van der Waals surface area (Å²) in [5, 5.41) is 12.7. The third-order valence-electron chi connectivity index (χ3n) is 6.10. The van der Waals surface area contributed by atoms with E-state index in [1.807, 2.05) is 0 Å². The second kappa shape index (κ2) is 6.80. The molecule has 3 fully saturated rings. The highest BCUT2D eigenvalue weighted by Crippen LogP contribution is 2.43. The van der Waals surface area contributed by atoms with Gasteiger partial charge in [-0.3, -0.25) is 0 Å². The Kier molecular flexibility index (Phi) is 4.78. The minimum Gasteiger partial charge on any atom is -0.429 e. The average Bonchev–Trinajstić information content (AvgIpc) is 2.61. The molecule has 0 amide bonds. The molecular formula is C19H25ClF2N2O2. The molecule has 1 saturated heterocycles. The van der Waals surface area contributed by atoms with Crippen molar-refractivity contribution < 1.29 is 18.6 Å². The van der Waals surface area contributed by atoms with Crippen LogP contribution in [0.25, 0.3) is 0 Å².